The van der Waals surface area contributed by atoms with Crippen LogP contribution in [-0.2, 0) is 20.0 Å². The monoisotopic (exact) mass is 409 g/mol. The number of anilines is 2. The number of nitrogens with one attached hydrogen (secondary N) is 1. The van der Waals surface area contributed by atoms with Gasteiger partial charge in [-0.1, -0.05) is 29.8 Å². The van der Waals surface area contributed by atoms with Crippen molar-refractivity contribution < 1.29 is 16.8 Å². The normalized spacial score (nSPS) is 16.3. The Morgan fingerprint density at radius 2 is 1.44 bits per heavy atom. The van der Waals surface area contributed by atoms with Crippen LogP contribution in [0.15, 0.2) is 53.4 Å². The minimum Gasteiger partial charge on any atom is -0.367 e. The first-order chi connectivity index (χ1) is 12.7. The summed E-state index contributed by atoms with van der Waals surface area (Å²) in [7, 11) is -6.92. The fourth-order valence-corrected chi connectivity index (χ4v) is 4.92. The SMILES string of the molecule is Cc1ccc(S(=O)(=O)Nc2ccccc2N2CCN(S(C)(=O)=O)CC2)cc1. The topological polar surface area (TPSA) is 86.8 Å². The number of nitrogens with zero attached hydrogens (tertiary/aromatic N) is 2. The summed E-state index contributed by atoms with van der Waals surface area (Å²) in [6, 6.07) is 13.8. The molecule has 0 unspecified atom stereocenters. The zero-order valence-electron chi connectivity index (χ0n) is 15.3. The van der Waals surface area contributed by atoms with Gasteiger partial charge in [-0.15, -0.1) is 0 Å². The first-order valence-electron chi connectivity index (χ1n) is 8.55. The Hall–Kier alpha value is -2.10. The predicted molar refractivity (Wildman–Crippen MR) is 107 cm³/mol. The first kappa shape index (κ1) is 19.7. The van der Waals surface area contributed by atoms with Crippen molar-refractivity contribution in [3.8, 4) is 0 Å². The molecular formula is C18H23N3O4S2. The van der Waals surface area contributed by atoms with Crippen LogP contribution in [0.5, 0.6) is 0 Å². The fourth-order valence-electron chi connectivity index (χ4n) is 3.02. The van der Waals surface area contributed by atoms with E-state index in [4.69, 9.17) is 0 Å². The number of rotatable bonds is 5. The van der Waals surface area contributed by atoms with E-state index in [0.717, 1.165) is 11.3 Å². The molecule has 0 bridgehead atoms. The molecule has 1 N–H and O–H groups in total. The van der Waals surface area contributed by atoms with Gasteiger partial charge in [0.05, 0.1) is 22.5 Å². The van der Waals surface area contributed by atoms with Crippen molar-refractivity contribution in [2.24, 2.45) is 0 Å². The number of hydrogen-bond acceptors (Lipinski definition) is 5. The Kier molecular flexibility index (Phi) is 5.45. The highest BCUT2D eigenvalue weighted by Crippen LogP contribution is 2.29. The van der Waals surface area contributed by atoms with Crippen LogP contribution < -0.4 is 9.62 Å². The van der Waals surface area contributed by atoms with E-state index >= 15 is 0 Å². The summed E-state index contributed by atoms with van der Waals surface area (Å²) < 4.78 is 52.9. The number of benzene rings is 2. The van der Waals surface area contributed by atoms with Gasteiger partial charge in [0.1, 0.15) is 0 Å². The Morgan fingerprint density at radius 3 is 2.04 bits per heavy atom. The first-order valence-corrected chi connectivity index (χ1v) is 11.9. The van der Waals surface area contributed by atoms with Crippen LogP contribution in [0.4, 0.5) is 11.4 Å². The summed E-state index contributed by atoms with van der Waals surface area (Å²) in [4.78, 5) is 2.19. The van der Waals surface area contributed by atoms with Crippen LogP contribution in [0.1, 0.15) is 5.56 Å². The smallest absolute Gasteiger partial charge is 0.261 e. The molecule has 0 aromatic heterocycles. The molecule has 1 saturated heterocycles. The van der Waals surface area contributed by atoms with Crippen molar-refractivity contribution in [3.05, 3.63) is 54.1 Å². The van der Waals surface area contributed by atoms with Crippen molar-refractivity contribution in [1.29, 1.82) is 0 Å². The van der Waals surface area contributed by atoms with Gasteiger partial charge in [-0.2, -0.15) is 4.31 Å². The van der Waals surface area contributed by atoms with Crippen molar-refractivity contribution in [1.82, 2.24) is 4.31 Å². The Morgan fingerprint density at radius 1 is 0.852 bits per heavy atom. The van der Waals surface area contributed by atoms with E-state index in [9.17, 15) is 16.8 Å². The van der Waals surface area contributed by atoms with Gasteiger partial charge in [0, 0.05) is 26.2 Å². The number of para-hydroxylation sites is 2. The molecule has 0 amide bonds. The van der Waals surface area contributed by atoms with Gasteiger partial charge in [0.25, 0.3) is 10.0 Å². The quantitative estimate of drug-likeness (QED) is 0.815. The highest BCUT2D eigenvalue weighted by atomic mass is 32.2. The van der Waals surface area contributed by atoms with Crippen LogP contribution in [-0.4, -0.2) is 53.6 Å². The lowest BCUT2D eigenvalue weighted by molar-refractivity contribution is 0.388. The second-order valence-corrected chi connectivity index (χ2v) is 10.2. The van der Waals surface area contributed by atoms with E-state index in [1.807, 2.05) is 24.0 Å². The highest BCUT2D eigenvalue weighted by Gasteiger charge is 2.25. The molecule has 2 aromatic rings. The lowest BCUT2D eigenvalue weighted by atomic mass is 10.2. The third-order valence-corrected chi connectivity index (χ3v) is 7.21. The summed E-state index contributed by atoms with van der Waals surface area (Å²) in [6.45, 7) is 3.64. The maximum absolute atomic E-state index is 12.7. The molecule has 1 aliphatic rings. The van der Waals surface area contributed by atoms with Crippen molar-refractivity contribution in [3.63, 3.8) is 0 Å². The van der Waals surface area contributed by atoms with Gasteiger partial charge in [-0.05, 0) is 31.2 Å². The standard InChI is InChI=1S/C18H23N3O4S2/c1-15-7-9-16(10-8-15)27(24,25)19-17-5-3-4-6-18(17)20-11-13-21(14-12-20)26(2,22)23/h3-10,19H,11-14H2,1-2H3. The van der Waals surface area contributed by atoms with Gasteiger partial charge in [0.2, 0.25) is 10.0 Å². The molecule has 0 radical (unpaired) electrons. The van der Waals surface area contributed by atoms with Gasteiger partial charge in [0.15, 0.2) is 0 Å². The maximum Gasteiger partial charge on any atom is 0.261 e. The van der Waals surface area contributed by atoms with E-state index in [-0.39, 0.29) is 4.90 Å². The molecule has 7 nitrogen and oxygen atoms in total. The molecule has 0 atom stereocenters. The Bertz CT molecular complexity index is 1010. The summed E-state index contributed by atoms with van der Waals surface area (Å²) in [5.41, 5.74) is 2.20. The van der Waals surface area contributed by atoms with Gasteiger partial charge in [-0.25, -0.2) is 16.8 Å². The molecule has 0 spiro atoms. The summed E-state index contributed by atoms with van der Waals surface area (Å²) in [6.07, 6.45) is 1.20. The molecular weight excluding hydrogens is 386 g/mol. The second-order valence-electron chi connectivity index (χ2n) is 6.58. The molecule has 27 heavy (non-hydrogen) atoms. The molecule has 1 fully saturated rings. The van der Waals surface area contributed by atoms with Crippen LogP contribution in [0.3, 0.4) is 0 Å². The largest absolute Gasteiger partial charge is 0.367 e. The molecule has 1 heterocycles. The summed E-state index contributed by atoms with van der Waals surface area (Å²) >= 11 is 0. The molecule has 3 rings (SSSR count). The Labute approximate surface area is 160 Å². The zero-order valence-corrected chi connectivity index (χ0v) is 16.9. The summed E-state index contributed by atoms with van der Waals surface area (Å²) in [5, 5.41) is 0. The lowest BCUT2D eigenvalue weighted by Crippen LogP contribution is -2.48. The number of hydrogen-bond donors (Lipinski definition) is 1. The van der Waals surface area contributed by atoms with E-state index in [1.54, 1.807) is 36.4 Å². The van der Waals surface area contributed by atoms with Gasteiger partial charge < -0.3 is 4.90 Å². The second kappa shape index (κ2) is 7.49. The van der Waals surface area contributed by atoms with E-state index < -0.39 is 20.0 Å². The zero-order chi connectivity index (χ0) is 19.7. The van der Waals surface area contributed by atoms with Crippen molar-refractivity contribution >= 4 is 31.4 Å². The highest BCUT2D eigenvalue weighted by molar-refractivity contribution is 7.92. The molecule has 0 aliphatic carbocycles. The summed E-state index contributed by atoms with van der Waals surface area (Å²) in [5.74, 6) is 0. The van der Waals surface area contributed by atoms with Gasteiger partial charge >= 0.3 is 0 Å². The van der Waals surface area contributed by atoms with E-state index in [0.29, 0.717) is 31.9 Å². The maximum atomic E-state index is 12.7. The van der Waals surface area contributed by atoms with Gasteiger partial charge in [-0.3, -0.25) is 4.72 Å². The molecule has 2 aromatic carbocycles. The van der Waals surface area contributed by atoms with Crippen molar-refractivity contribution in [2.75, 3.05) is 42.1 Å². The predicted octanol–water partition coefficient (Wildman–Crippen LogP) is 1.88. The van der Waals surface area contributed by atoms with E-state index in [2.05, 4.69) is 4.72 Å². The van der Waals surface area contributed by atoms with Crippen LogP contribution >= 0.6 is 0 Å². The van der Waals surface area contributed by atoms with E-state index in [1.165, 1.54) is 10.6 Å². The third-order valence-electron chi connectivity index (χ3n) is 4.53. The third kappa shape index (κ3) is 4.60. The lowest BCUT2D eigenvalue weighted by Gasteiger charge is -2.35. The minimum atomic E-state index is -3.71. The molecule has 1 aliphatic heterocycles. The average Bonchev–Trinajstić information content (AvgIpc) is 2.62. The van der Waals surface area contributed by atoms with Crippen LogP contribution in [0, 0.1) is 6.92 Å². The molecule has 0 saturated carbocycles. The number of piperazine rings is 1. The number of sulfonamides is 2. The Balaban J connectivity index is 1.82. The molecule has 146 valence electrons. The van der Waals surface area contributed by atoms with Crippen LogP contribution in [0.2, 0.25) is 0 Å². The minimum absolute atomic E-state index is 0.199. The average molecular weight is 410 g/mol. The van der Waals surface area contributed by atoms with Crippen LogP contribution in [0.25, 0.3) is 0 Å². The fraction of sp³-hybridized carbons (Fsp3) is 0.333. The van der Waals surface area contributed by atoms with Crippen molar-refractivity contribution in [2.45, 2.75) is 11.8 Å². The molecule has 9 heteroatoms. The number of aryl methyl sites for hydroxylation is 1.